The van der Waals surface area contributed by atoms with Gasteiger partial charge in [0.05, 0.1) is 17.1 Å². The van der Waals surface area contributed by atoms with E-state index in [-0.39, 0.29) is 11.9 Å². The van der Waals surface area contributed by atoms with Crippen molar-refractivity contribution in [2.24, 2.45) is 0 Å². The van der Waals surface area contributed by atoms with Crippen LogP contribution in [0.15, 0.2) is 36.4 Å². The Morgan fingerprint density at radius 2 is 1.92 bits per heavy atom. The number of H-pyrrole nitrogens is 1. The molecule has 136 valence electrons. The minimum absolute atomic E-state index is 0.0653. The van der Waals surface area contributed by atoms with Gasteiger partial charge in [0, 0.05) is 30.9 Å². The quantitative estimate of drug-likeness (QED) is 0.769. The number of aromatic amines is 1. The lowest BCUT2D eigenvalue weighted by molar-refractivity contribution is -0.135. The van der Waals surface area contributed by atoms with Crippen LogP contribution in [0.2, 0.25) is 0 Å². The van der Waals surface area contributed by atoms with Gasteiger partial charge in [0.2, 0.25) is 5.91 Å². The summed E-state index contributed by atoms with van der Waals surface area (Å²) in [7, 11) is 0. The van der Waals surface area contributed by atoms with E-state index in [0.29, 0.717) is 6.42 Å². The molecule has 4 rings (SSSR count). The highest BCUT2D eigenvalue weighted by molar-refractivity contribution is 5.78. The summed E-state index contributed by atoms with van der Waals surface area (Å²) in [6.07, 6.45) is 3.73. The maximum atomic E-state index is 13.0. The van der Waals surface area contributed by atoms with Gasteiger partial charge in [0.25, 0.3) is 0 Å². The normalized spacial score (nSPS) is 17.8. The molecule has 0 aliphatic carbocycles. The van der Waals surface area contributed by atoms with Crippen molar-refractivity contribution in [2.45, 2.75) is 52.1 Å². The molecule has 1 aliphatic heterocycles. The summed E-state index contributed by atoms with van der Waals surface area (Å²) in [5, 5.41) is 0. The molecule has 1 atom stereocenters. The summed E-state index contributed by atoms with van der Waals surface area (Å²) >= 11 is 0. The number of carbonyl (C=O) groups excluding carboxylic acids is 1. The lowest BCUT2D eigenvalue weighted by Crippen LogP contribution is -2.39. The molecule has 5 nitrogen and oxygen atoms in total. The number of hydrogen-bond donors (Lipinski definition) is 1. The lowest BCUT2D eigenvalue weighted by atomic mass is 10.0. The fourth-order valence-electron chi connectivity index (χ4n) is 4.05. The summed E-state index contributed by atoms with van der Waals surface area (Å²) in [6, 6.07) is 12.3. The van der Waals surface area contributed by atoms with E-state index in [1.54, 1.807) is 0 Å². The van der Waals surface area contributed by atoms with E-state index in [9.17, 15) is 4.79 Å². The summed E-state index contributed by atoms with van der Waals surface area (Å²) in [5.41, 5.74) is 4.43. The number of benzene rings is 1. The number of amides is 1. The van der Waals surface area contributed by atoms with Crippen LogP contribution in [0, 0.1) is 13.8 Å². The fraction of sp³-hybridized carbons (Fsp3) is 0.429. The van der Waals surface area contributed by atoms with Crippen LogP contribution in [0.4, 0.5) is 0 Å². The van der Waals surface area contributed by atoms with Crippen LogP contribution in [0.3, 0.4) is 0 Å². The predicted molar refractivity (Wildman–Crippen MR) is 103 cm³/mol. The monoisotopic (exact) mass is 350 g/mol. The number of hydrogen-bond acceptors (Lipinski definition) is 2. The number of aryl methyl sites for hydroxylation is 2. The van der Waals surface area contributed by atoms with E-state index >= 15 is 0 Å². The zero-order valence-electron chi connectivity index (χ0n) is 15.5. The molecule has 5 heteroatoms. The molecular weight excluding hydrogens is 324 g/mol. The first-order valence-electron chi connectivity index (χ1n) is 9.50. The van der Waals surface area contributed by atoms with Crippen molar-refractivity contribution in [2.75, 3.05) is 6.54 Å². The number of nitrogens with one attached hydrogen (secondary N) is 1. The average molecular weight is 350 g/mol. The van der Waals surface area contributed by atoms with Crippen LogP contribution in [0.5, 0.6) is 0 Å². The fourth-order valence-corrected chi connectivity index (χ4v) is 4.05. The van der Waals surface area contributed by atoms with Gasteiger partial charge in [-0.3, -0.25) is 4.79 Å². The zero-order chi connectivity index (χ0) is 18.1. The van der Waals surface area contributed by atoms with Crippen molar-refractivity contribution in [1.82, 2.24) is 19.4 Å². The van der Waals surface area contributed by atoms with Gasteiger partial charge in [-0.15, -0.1) is 0 Å². The Morgan fingerprint density at radius 1 is 1.15 bits per heavy atom. The van der Waals surface area contributed by atoms with E-state index in [4.69, 9.17) is 4.98 Å². The first-order valence-corrected chi connectivity index (χ1v) is 9.50. The summed E-state index contributed by atoms with van der Waals surface area (Å²) in [4.78, 5) is 23.2. The number of carbonyl (C=O) groups is 1. The standard InChI is InChI=1S/C21H26N4O/c1-15-10-11-16(2)24(15)14-12-20(26)25-13-6-5-9-19(25)21-22-17-7-3-4-8-18(17)23-21/h3-4,7-8,10-11,19H,5-6,9,12-14H2,1-2H3,(H,22,23). The van der Waals surface area contributed by atoms with Gasteiger partial charge in [-0.2, -0.15) is 0 Å². The highest BCUT2D eigenvalue weighted by Gasteiger charge is 2.30. The Labute approximate surface area is 154 Å². The third-order valence-electron chi connectivity index (χ3n) is 5.51. The largest absolute Gasteiger partial charge is 0.349 e. The molecule has 2 aromatic heterocycles. The van der Waals surface area contributed by atoms with Gasteiger partial charge in [-0.1, -0.05) is 12.1 Å². The Bertz CT molecular complexity index is 871. The summed E-state index contributed by atoms with van der Waals surface area (Å²) < 4.78 is 2.22. The molecule has 3 heterocycles. The summed E-state index contributed by atoms with van der Waals surface area (Å²) in [5.74, 6) is 1.15. The van der Waals surface area contributed by atoms with Crippen molar-refractivity contribution in [3.05, 3.63) is 53.6 Å². The van der Waals surface area contributed by atoms with Crippen LogP contribution >= 0.6 is 0 Å². The second-order valence-corrected chi connectivity index (χ2v) is 7.26. The van der Waals surface area contributed by atoms with Crippen molar-refractivity contribution in [3.8, 4) is 0 Å². The predicted octanol–water partition coefficient (Wildman–Crippen LogP) is 4.13. The smallest absolute Gasteiger partial charge is 0.224 e. The Hall–Kier alpha value is -2.56. The number of nitrogens with zero attached hydrogens (tertiary/aromatic N) is 3. The molecule has 0 spiro atoms. The zero-order valence-corrected chi connectivity index (χ0v) is 15.5. The molecule has 0 bridgehead atoms. The topological polar surface area (TPSA) is 53.9 Å². The average Bonchev–Trinajstić information content (AvgIpc) is 3.23. The molecule has 1 amide bonds. The van der Waals surface area contributed by atoms with Crippen LogP contribution in [-0.2, 0) is 11.3 Å². The van der Waals surface area contributed by atoms with Crippen molar-refractivity contribution < 1.29 is 4.79 Å². The number of fused-ring (bicyclic) bond motifs is 1. The number of rotatable bonds is 4. The number of para-hydroxylation sites is 2. The van der Waals surface area contributed by atoms with Crippen molar-refractivity contribution in [1.29, 1.82) is 0 Å². The highest BCUT2D eigenvalue weighted by Crippen LogP contribution is 2.31. The molecule has 1 saturated heterocycles. The molecule has 1 unspecified atom stereocenters. The Balaban J connectivity index is 1.52. The molecule has 1 N–H and O–H groups in total. The van der Waals surface area contributed by atoms with Gasteiger partial charge >= 0.3 is 0 Å². The Kier molecular flexibility index (Phi) is 4.53. The molecule has 1 fully saturated rings. The minimum atomic E-state index is 0.0653. The van der Waals surface area contributed by atoms with Gasteiger partial charge < -0.3 is 14.5 Å². The molecule has 1 aliphatic rings. The molecule has 3 aromatic rings. The van der Waals surface area contributed by atoms with Gasteiger partial charge in [-0.05, 0) is 57.4 Å². The minimum Gasteiger partial charge on any atom is -0.349 e. The number of likely N-dealkylation sites (tertiary alicyclic amines) is 1. The third-order valence-corrected chi connectivity index (χ3v) is 5.51. The van der Waals surface area contributed by atoms with Crippen LogP contribution in [-0.4, -0.2) is 31.9 Å². The highest BCUT2D eigenvalue weighted by atomic mass is 16.2. The molecule has 0 radical (unpaired) electrons. The van der Waals surface area contributed by atoms with E-state index in [0.717, 1.165) is 49.2 Å². The number of imidazole rings is 1. The molecule has 0 saturated carbocycles. The maximum absolute atomic E-state index is 13.0. The van der Waals surface area contributed by atoms with E-state index < -0.39 is 0 Å². The van der Waals surface area contributed by atoms with Gasteiger partial charge in [0.1, 0.15) is 5.82 Å². The first-order chi connectivity index (χ1) is 12.6. The van der Waals surface area contributed by atoms with Crippen molar-refractivity contribution in [3.63, 3.8) is 0 Å². The lowest BCUT2D eigenvalue weighted by Gasteiger charge is -2.34. The first kappa shape index (κ1) is 16.9. The van der Waals surface area contributed by atoms with Gasteiger partial charge in [-0.25, -0.2) is 4.98 Å². The SMILES string of the molecule is Cc1ccc(C)n1CCC(=O)N1CCCCC1c1nc2ccccc2[nH]1. The maximum Gasteiger partial charge on any atom is 0.224 e. The third kappa shape index (κ3) is 3.14. The van der Waals surface area contributed by atoms with E-state index in [2.05, 4.69) is 35.5 Å². The molecule has 26 heavy (non-hydrogen) atoms. The number of aromatic nitrogens is 3. The summed E-state index contributed by atoms with van der Waals surface area (Å²) in [6.45, 7) is 5.75. The number of piperidine rings is 1. The molecule has 1 aromatic carbocycles. The van der Waals surface area contributed by atoms with Crippen LogP contribution in [0.1, 0.15) is 48.9 Å². The second-order valence-electron chi connectivity index (χ2n) is 7.26. The van der Waals surface area contributed by atoms with E-state index in [1.807, 2.05) is 29.2 Å². The second kappa shape index (κ2) is 6.98. The van der Waals surface area contributed by atoms with Crippen LogP contribution < -0.4 is 0 Å². The Morgan fingerprint density at radius 3 is 2.69 bits per heavy atom. The van der Waals surface area contributed by atoms with E-state index in [1.165, 1.54) is 11.4 Å². The molecular formula is C21H26N4O. The van der Waals surface area contributed by atoms with Gasteiger partial charge in [0.15, 0.2) is 0 Å². The van der Waals surface area contributed by atoms with Crippen molar-refractivity contribution >= 4 is 16.9 Å². The van der Waals surface area contributed by atoms with Crippen LogP contribution in [0.25, 0.3) is 11.0 Å².